The Bertz CT molecular complexity index is 360. The normalized spacial score (nSPS) is 20.4. The van der Waals surface area contributed by atoms with Crippen molar-refractivity contribution in [2.75, 3.05) is 6.54 Å². The number of fused-ring (bicyclic) bond motifs is 1. The van der Waals surface area contributed by atoms with Crippen LogP contribution in [0.4, 0.5) is 0 Å². The molecule has 1 aromatic rings. The van der Waals surface area contributed by atoms with E-state index in [0.717, 1.165) is 30.1 Å². The number of pyridine rings is 1. The lowest BCUT2D eigenvalue weighted by molar-refractivity contribution is 0.207. The molecule has 3 heteroatoms. The van der Waals surface area contributed by atoms with Crippen LogP contribution in [0.25, 0.3) is 0 Å². The summed E-state index contributed by atoms with van der Waals surface area (Å²) >= 11 is 0. The van der Waals surface area contributed by atoms with E-state index in [4.69, 9.17) is 4.74 Å². The summed E-state index contributed by atoms with van der Waals surface area (Å²) in [4.78, 5) is 8.72. The van der Waals surface area contributed by atoms with Crippen molar-refractivity contribution in [2.45, 2.75) is 26.4 Å². The maximum Gasteiger partial charge on any atom is 0.147 e. The van der Waals surface area contributed by atoms with Gasteiger partial charge < -0.3 is 4.74 Å². The fraction of sp³-hybridized carbons (Fsp3) is 0.455. The highest BCUT2D eigenvalue weighted by molar-refractivity contribution is 5.99. The van der Waals surface area contributed by atoms with Crippen molar-refractivity contribution in [1.82, 2.24) is 4.98 Å². The van der Waals surface area contributed by atoms with Crippen LogP contribution in [0, 0.1) is 0 Å². The minimum absolute atomic E-state index is 0.190. The quantitative estimate of drug-likeness (QED) is 0.679. The Hall–Kier alpha value is -1.38. The van der Waals surface area contributed by atoms with E-state index in [0.29, 0.717) is 0 Å². The molecule has 0 radical (unpaired) electrons. The van der Waals surface area contributed by atoms with Crippen LogP contribution >= 0.6 is 0 Å². The molecular formula is C11H14N2O. The first-order chi connectivity index (χ1) is 6.81. The standard InChI is InChI=1S/C11H14N2O/c1-3-9-7-13-8(2)11-10(14-9)5-4-6-12-11/h4-6,9H,3,7H2,1-2H3/t9-/m1/s1. The fourth-order valence-electron chi connectivity index (χ4n) is 1.50. The Morgan fingerprint density at radius 1 is 1.57 bits per heavy atom. The van der Waals surface area contributed by atoms with Crippen molar-refractivity contribution in [2.24, 2.45) is 4.99 Å². The molecule has 0 aromatic carbocycles. The third kappa shape index (κ3) is 1.62. The summed E-state index contributed by atoms with van der Waals surface area (Å²) in [5.74, 6) is 0.859. The molecule has 2 rings (SSSR count). The molecule has 3 nitrogen and oxygen atoms in total. The van der Waals surface area contributed by atoms with Crippen molar-refractivity contribution < 1.29 is 4.74 Å². The number of aromatic nitrogens is 1. The molecule has 0 unspecified atom stereocenters. The van der Waals surface area contributed by atoms with Gasteiger partial charge in [0.15, 0.2) is 0 Å². The minimum Gasteiger partial charge on any atom is -0.486 e. The molecule has 74 valence electrons. The Morgan fingerprint density at radius 3 is 3.21 bits per heavy atom. The molecule has 0 bridgehead atoms. The number of nitrogens with zero attached hydrogens (tertiary/aromatic N) is 2. The van der Waals surface area contributed by atoms with E-state index in [1.165, 1.54) is 0 Å². The molecule has 1 aliphatic rings. The summed E-state index contributed by atoms with van der Waals surface area (Å²) in [6.07, 6.45) is 2.94. The zero-order chi connectivity index (χ0) is 9.97. The number of hydrogen-bond donors (Lipinski definition) is 0. The zero-order valence-corrected chi connectivity index (χ0v) is 8.53. The lowest BCUT2D eigenvalue weighted by Crippen LogP contribution is -2.17. The molecule has 1 atom stereocenters. The van der Waals surface area contributed by atoms with Gasteiger partial charge in [-0.05, 0) is 25.5 Å². The highest BCUT2D eigenvalue weighted by atomic mass is 16.5. The molecule has 2 heterocycles. The van der Waals surface area contributed by atoms with Gasteiger partial charge in [0, 0.05) is 6.20 Å². The van der Waals surface area contributed by atoms with Crippen molar-refractivity contribution in [1.29, 1.82) is 0 Å². The number of rotatable bonds is 1. The molecule has 0 N–H and O–H groups in total. The average molecular weight is 190 g/mol. The first kappa shape index (κ1) is 9.19. The molecule has 0 aliphatic carbocycles. The van der Waals surface area contributed by atoms with Gasteiger partial charge in [0.25, 0.3) is 0 Å². The molecule has 14 heavy (non-hydrogen) atoms. The van der Waals surface area contributed by atoms with Crippen LogP contribution in [0.15, 0.2) is 23.3 Å². The predicted octanol–water partition coefficient (Wildman–Crippen LogP) is 2.06. The second-order valence-corrected chi connectivity index (χ2v) is 3.42. The van der Waals surface area contributed by atoms with Crippen LogP contribution in [-0.4, -0.2) is 23.3 Å². The monoisotopic (exact) mass is 190 g/mol. The SMILES string of the molecule is CC[C@@H]1CN=C(C)c2ncccc2O1. The summed E-state index contributed by atoms with van der Waals surface area (Å²) in [7, 11) is 0. The molecule has 0 fully saturated rings. The number of hydrogen-bond acceptors (Lipinski definition) is 3. The zero-order valence-electron chi connectivity index (χ0n) is 8.53. The third-order valence-electron chi connectivity index (χ3n) is 2.39. The Labute approximate surface area is 83.8 Å². The van der Waals surface area contributed by atoms with E-state index in [1.54, 1.807) is 6.20 Å². The highest BCUT2D eigenvalue weighted by Crippen LogP contribution is 2.21. The summed E-state index contributed by atoms with van der Waals surface area (Å²) in [6.45, 7) is 4.82. The smallest absolute Gasteiger partial charge is 0.147 e. The van der Waals surface area contributed by atoms with Crippen molar-refractivity contribution in [3.8, 4) is 5.75 Å². The van der Waals surface area contributed by atoms with Crippen LogP contribution in [0.5, 0.6) is 5.75 Å². The first-order valence-corrected chi connectivity index (χ1v) is 4.94. The van der Waals surface area contributed by atoms with Gasteiger partial charge in [0.2, 0.25) is 0 Å². The van der Waals surface area contributed by atoms with Crippen LogP contribution in [0.1, 0.15) is 26.0 Å². The topological polar surface area (TPSA) is 34.5 Å². The van der Waals surface area contributed by atoms with E-state index < -0.39 is 0 Å². The predicted molar refractivity (Wildman–Crippen MR) is 56.0 cm³/mol. The number of aliphatic imine (C=N–C) groups is 1. The second kappa shape index (κ2) is 3.78. The average Bonchev–Trinajstić information content (AvgIpc) is 2.39. The summed E-state index contributed by atoms with van der Waals surface area (Å²) in [6, 6.07) is 3.85. The van der Waals surface area contributed by atoms with E-state index in [-0.39, 0.29) is 6.10 Å². The van der Waals surface area contributed by atoms with Gasteiger partial charge in [-0.2, -0.15) is 0 Å². The van der Waals surface area contributed by atoms with E-state index in [9.17, 15) is 0 Å². The van der Waals surface area contributed by atoms with Crippen molar-refractivity contribution >= 4 is 5.71 Å². The maximum absolute atomic E-state index is 5.80. The molecule has 0 amide bonds. The van der Waals surface area contributed by atoms with Crippen LogP contribution < -0.4 is 4.74 Å². The number of ether oxygens (including phenoxy) is 1. The van der Waals surface area contributed by atoms with Gasteiger partial charge >= 0.3 is 0 Å². The van der Waals surface area contributed by atoms with Crippen LogP contribution in [-0.2, 0) is 0 Å². The van der Waals surface area contributed by atoms with Gasteiger partial charge in [-0.15, -0.1) is 0 Å². The van der Waals surface area contributed by atoms with Gasteiger partial charge in [0.05, 0.1) is 12.3 Å². The lowest BCUT2D eigenvalue weighted by Gasteiger charge is -2.13. The van der Waals surface area contributed by atoms with Crippen LogP contribution in [0.3, 0.4) is 0 Å². The van der Waals surface area contributed by atoms with Gasteiger partial charge in [-0.1, -0.05) is 6.92 Å². The highest BCUT2D eigenvalue weighted by Gasteiger charge is 2.16. The Morgan fingerprint density at radius 2 is 2.43 bits per heavy atom. The molecule has 0 saturated heterocycles. The second-order valence-electron chi connectivity index (χ2n) is 3.42. The van der Waals surface area contributed by atoms with Gasteiger partial charge in [-0.25, -0.2) is 0 Å². The summed E-state index contributed by atoms with van der Waals surface area (Å²) in [5.41, 5.74) is 1.85. The Kier molecular flexibility index (Phi) is 2.48. The Balaban J connectivity index is 2.40. The van der Waals surface area contributed by atoms with Crippen molar-refractivity contribution in [3.05, 3.63) is 24.0 Å². The summed E-state index contributed by atoms with van der Waals surface area (Å²) < 4.78 is 5.80. The van der Waals surface area contributed by atoms with E-state index >= 15 is 0 Å². The first-order valence-electron chi connectivity index (χ1n) is 4.94. The fourth-order valence-corrected chi connectivity index (χ4v) is 1.50. The van der Waals surface area contributed by atoms with Gasteiger partial charge in [-0.3, -0.25) is 9.98 Å². The van der Waals surface area contributed by atoms with E-state index in [2.05, 4.69) is 16.9 Å². The third-order valence-corrected chi connectivity index (χ3v) is 2.39. The lowest BCUT2D eigenvalue weighted by atomic mass is 10.2. The molecule has 0 spiro atoms. The summed E-state index contributed by atoms with van der Waals surface area (Å²) in [5, 5.41) is 0. The largest absolute Gasteiger partial charge is 0.486 e. The molecular weight excluding hydrogens is 176 g/mol. The van der Waals surface area contributed by atoms with Crippen molar-refractivity contribution in [3.63, 3.8) is 0 Å². The van der Waals surface area contributed by atoms with Gasteiger partial charge in [0.1, 0.15) is 17.5 Å². The molecule has 1 aromatic heterocycles. The minimum atomic E-state index is 0.190. The van der Waals surface area contributed by atoms with E-state index in [1.807, 2.05) is 19.1 Å². The molecule has 0 saturated carbocycles. The molecule has 1 aliphatic heterocycles. The maximum atomic E-state index is 5.80. The van der Waals surface area contributed by atoms with Crippen LogP contribution in [0.2, 0.25) is 0 Å².